The van der Waals surface area contributed by atoms with Crippen LogP contribution in [0, 0.1) is 5.41 Å². The van der Waals surface area contributed by atoms with E-state index in [1.165, 1.54) is 0 Å². The van der Waals surface area contributed by atoms with Gasteiger partial charge in [-0.2, -0.15) is 0 Å². The second-order valence-electron chi connectivity index (χ2n) is 7.15. The van der Waals surface area contributed by atoms with Gasteiger partial charge in [-0.05, 0) is 52.0 Å². The summed E-state index contributed by atoms with van der Waals surface area (Å²) in [6, 6.07) is 8.55. The average molecular weight is 398 g/mol. The standard InChI is InChI=1S/C18H28BrN3O2/c1-14-13-22(17(20)24-18(2,3)4)10-9-21(14)11-12-23-16-7-5-15(19)6-8-16/h5-8,14,20H,9-13H2,1-4H3. The number of hydrogen-bond donors (Lipinski definition) is 1. The Morgan fingerprint density at radius 3 is 2.50 bits per heavy atom. The lowest BCUT2D eigenvalue weighted by Crippen LogP contribution is -2.55. The fraction of sp³-hybridized carbons (Fsp3) is 0.611. The van der Waals surface area contributed by atoms with E-state index in [9.17, 15) is 0 Å². The number of amidine groups is 1. The summed E-state index contributed by atoms with van der Waals surface area (Å²) in [5, 5.41) is 8.12. The lowest BCUT2D eigenvalue weighted by Gasteiger charge is -2.41. The largest absolute Gasteiger partial charge is 0.492 e. The number of halogens is 1. The Balaban J connectivity index is 1.75. The lowest BCUT2D eigenvalue weighted by molar-refractivity contribution is 0.0516. The molecule has 1 heterocycles. The zero-order valence-corrected chi connectivity index (χ0v) is 16.6. The van der Waals surface area contributed by atoms with Crippen molar-refractivity contribution in [1.82, 2.24) is 9.80 Å². The quantitative estimate of drug-likeness (QED) is 0.622. The van der Waals surface area contributed by atoms with E-state index < -0.39 is 0 Å². The van der Waals surface area contributed by atoms with Crippen LogP contribution in [0.25, 0.3) is 0 Å². The fourth-order valence-electron chi connectivity index (χ4n) is 2.68. The van der Waals surface area contributed by atoms with Crippen molar-refractivity contribution in [2.24, 2.45) is 0 Å². The molecule has 6 heteroatoms. The summed E-state index contributed by atoms with van der Waals surface area (Å²) in [4.78, 5) is 4.42. The number of rotatable bonds is 4. The molecule has 0 amide bonds. The van der Waals surface area contributed by atoms with Crippen LogP contribution in [-0.4, -0.2) is 60.3 Å². The fourth-order valence-corrected chi connectivity index (χ4v) is 2.94. The number of nitrogens with zero attached hydrogens (tertiary/aromatic N) is 2. The van der Waals surface area contributed by atoms with Crippen molar-refractivity contribution in [2.45, 2.75) is 39.3 Å². The molecule has 0 spiro atoms. The predicted molar refractivity (Wildman–Crippen MR) is 101 cm³/mol. The highest BCUT2D eigenvalue weighted by Gasteiger charge is 2.27. The Labute approximate surface area is 153 Å². The first-order valence-corrected chi connectivity index (χ1v) is 9.19. The molecule has 0 aromatic heterocycles. The zero-order chi connectivity index (χ0) is 17.7. The van der Waals surface area contributed by atoms with Crippen LogP contribution < -0.4 is 4.74 Å². The maximum Gasteiger partial charge on any atom is 0.285 e. The van der Waals surface area contributed by atoms with Crippen molar-refractivity contribution in [3.8, 4) is 5.75 Å². The van der Waals surface area contributed by atoms with Gasteiger partial charge in [0.25, 0.3) is 6.02 Å². The van der Waals surface area contributed by atoms with Crippen molar-refractivity contribution in [2.75, 3.05) is 32.8 Å². The van der Waals surface area contributed by atoms with Crippen molar-refractivity contribution in [3.63, 3.8) is 0 Å². The molecule has 0 saturated carbocycles. The van der Waals surface area contributed by atoms with E-state index in [4.69, 9.17) is 14.9 Å². The molecular formula is C18H28BrN3O2. The molecule has 1 aliphatic rings. The van der Waals surface area contributed by atoms with Crippen LogP contribution in [0.5, 0.6) is 5.75 Å². The molecule has 0 bridgehead atoms. The van der Waals surface area contributed by atoms with Crippen molar-refractivity contribution < 1.29 is 9.47 Å². The van der Waals surface area contributed by atoms with Gasteiger partial charge in [-0.1, -0.05) is 15.9 Å². The smallest absolute Gasteiger partial charge is 0.285 e. The minimum Gasteiger partial charge on any atom is -0.492 e. The van der Waals surface area contributed by atoms with Crippen LogP contribution in [0.1, 0.15) is 27.7 Å². The molecule has 1 N–H and O–H groups in total. The highest BCUT2D eigenvalue weighted by molar-refractivity contribution is 9.10. The van der Waals surface area contributed by atoms with Crippen molar-refractivity contribution in [3.05, 3.63) is 28.7 Å². The van der Waals surface area contributed by atoms with E-state index in [1.54, 1.807) is 0 Å². The van der Waals surface area contributed by atoms with Gasteiger partial charge >= 0.3 is 0 Å². The Kier molecular flexibility index (Phi) is 6.52. The summed E-state index contributed by atoms with van der Waals surface area (Å²) in [6.07, 6.45) is 0. The lowest BCUT2D eigenvalue weighted by atomic mass is 10.2. The van der Waals surface area contributed by atoms with E-state index in [0.29, 0.717) is 12.6 Å². The van der Waals surface area contributed by atoms with Crippen LogP contribution in [0.2, 0.25) is 0 Å². The molecule has 1 saturated heterocycles. The van der Waals surface area contributed by atoms with E-state index in [-0.39, 0.29) is 11.6 Å². The van der Waals surface area contributed by atoms with Gasteiger partial charge < -0.3 is 14.4 Å². The SMILES string of the molecule is CC1CN(C(=N)OC(C)(C)C)CCN1CCOc1ccc(Br)cc1. The number of hydrogen-bond acceptors (Lipinski definition) is 4. The Bertz CT molecular complexity index is 542. The van der Waals surface area contributed by atoms with Crippen LogP contribution >= 0.6 is 15.9 Å². The Morgan fingerprint density at radius 1 is 1.25 bits per heavy atom. The highest BCUT2D eigenvalue weighted by Crippen LogP contribution is 2.17. The summed E-state index contributed by atoms with van der Waals surface area (Å²) in [7, 11) is 0. The molecule has 2 rings (SSSR count). The normalized spacial score (nSPS) is 19.2. The maximum absolute atomic E-state index is 8.12. The number of nitrogens with one attached hydrogen (secondary N) is 1. The van der Waals surface area contributed by atoms with E-state index in [0.717, 1.165) is 36.4 Å². The van der Waals surface area contributed by atoms with Gasteiger partial charge in [0.15, 0.2) is 0 Å². The molecule has 1 fully saturated rings. The minimum absolute atomic E-state index is 0.278. The molecule has 134 valence electrons. The molecule has 1 aromatic rings. The summed E-state index contributed by atoms with van der Waals surface area (Å²) in [5.74, 6) is 0.893. The van der Waals surface area contributed by atoms with Crippen LogP contribution in [-0.2, 0) is 4.74 Å². The second kappa shape index (κ2) is 8.21. The minimum atomic E-state index is -0.323. The Morgan fingerprint density at radius 2 is 1.92 bits per heavy atom. The summed E-state index contributed by atoms with van der Waals surface area (Å²) >= 11 is 3.42. The number of piperazine rings is 1. The molecule has 1 aliphatic heterocycles. The first-order chi connectivity index (χ1) is 11.2. The van der Waals surface area contributed by atoms with Crippen LogP contribution in [0.4, 0.5) is 0 Å². The third kappa shape index (κ3) is 5.98. The third-order valence-corrected chi connectivity index (χ3v) is 4.44. The molecule has 1 unspecified atom stereocenters. The first-order valence-electron chi connectivity index (χ1n) is 8.39. The van der Waals surface area contributed by atoms with Gasteiger partial charge in [-0.15, -0.1) is 0 Å². The van der Waals surface area contributed by atoms with Gasteiger partial charge in [-0.25, -0.2) is 0 Å². The van der Waals surface area contributed by atoms with Crippen LogP contribution in [0.3, 0.4) is 0 Å². The monoisotopic (exact) mass is 397 g/mol. The second-order valence-corrected chi connectivity index (χ2v) is 8.07. The summed E-state index contributed by atoms with van der Waals surface area (Å²) in [5.41, 5.74) is -0.323. The van der Waals surface area contributed by atoms with Gasteiger partial charge in [0.1, 0.15) is 18.0 Å². The topological polar surface area (TPSA) is 48.8 Å². The van der Waals surface area contributed by atoms with Gasteiger partial charge in [-0.3, -0.25) is 10.3 Å². The first kappa shape index (κ1) is 19.1. The van der Waals surface area contributed by atoms with Crippen LogP contribution in [0.15, 0.2) is 28.7 Å². The molecule has 0 aliphatic carbocycles. The van der Waals surface area contributed by atoms with E-state index in [1.807, 2.05) is 49.9 Å². The molecular weight excluding hydrogens is 370 g/mol. The van der Waals surface area contributed by atoms with Gasteiger partial charge in [0, 0.05) is 36.7 Å². The predicted octanol–water partition coefficient (Wildman–Crippen LogP) is 3.58. The number of ether oxygens (including phenoxy) is 2. The molecule has 0 radical (unpaired) electrons. The molecule has 1 aromatic carbocycles. The molecule has 24 heavy (non-hydrogen) atoms. The number of benzene rings is 1. The van der Waals surface area contributed by atoms with Crippen molar-refractivity contribution >= 4 is 22.0 Å². The zero-order valence-electron chi connectivity index (χ0n) is 15.0. The Hall–Kier alpha value is -1.27. The molecule has 1 atom stereocenters. The van der Waals surface area contributed by atoms with E-state index >= 15 is 0 Å². The highest BCUT2D eigenvalue weighted by atomic mass is 79.9. The summed E-state index contributed by atoms with van der Waals surface area (Å²) < 4.78 is 12.5. The maximum atomic E-state index is 8.12. The van der Waals surface area contributed by atoms with Gasteiger partial charge in [0.2, 0.25) is 0 Å². The molecule has 5 nitrogen and oxygen atoms in total. The van der Waals surface area contributed by atoms with Crippen molar-refractivity contribution in [1.29, 1.82) is 5.41 Å². The third-order valence-electron chi connectivity index (χ3n) is 3.92. The van der Waals surface area contributed by atoms with E-state index in [2.05, 4.69) is 27.8 Å². The van der Waals surface area contributed by atoms with Gasteiger partial charge in [0.05, 0.1) is 0 Å². The average Bonchev–Trinajstić information content (AvgIpc) is 2.49. The summed E-state index contributed by atoms with van der Waals surface area (Å²) in [6.45, 7) is 12.2.